The Morgan fingerprint density at radius 2 is 2.00 bits per heavy atom. The van der Waals surface area contributed by atoms with Gasteiger partial charge in [0.25, 0.3) is 0 Å². The van der Waals surface area contributed by atoms with Crippen molar-refractivity contribution in [2.45, 2.75) is 33.6 Å². The van der Waals surface area contributed by atoms with Gasteiger partial charge in [-0.15, -0.1) is 0 Å². The molecule has 2 aromatic rings. The summed E-state index contributed by atoms with van der Waals surface area (Å²) >= 11 is 6.06. The number of Topliss-reactive ketones (excluding diaryl/α,β-unsaturated/α-hetero) is 1. The van der Waals surface area contributed by atoms with Crippen LogP contribution >= 0.6 is 11.6 Å². The van der Waals surface area contributed by atoms with Gasteiger partial charge in [0.1, 0.15) is 0 Å². The SMILES string of the molecule is Cc1ccc(C(=O)CCc2c(C)nn(C)c2C)cc1Cl. The predicted molar refractivity (Wildman–Crippen MR) is 81.5 cm³/mol. The van der Waals surface area contributed by atoms with Crippen LogP contribution in [-0.4, -0.2) is 15.6 Å². The Morgan fingerprint density at radius 1 is 1.30 bits per heavy atom. The van der Waals surface area contributed by atoms with Crippen LogP contribution in [0.1, 0.15) is 39.3 Å². The fraction of sp³-hybridized carbons (Fsp3) is 0.375. The lowest BCUT2D eigenvalue weighted by atomic mass is 10.0. The Hall–Kier alpha value is -1.61. The number of carbonyl (C=O) groups excluding carboxylic acids is 1. The Labute approximate surface area is 124 Å². The van der Waals surface area contributed by atoms with Gasteiger partial charge in [0.2, 0.25) is 0 Å². The van der Waals surface area contributed by atoms with Crippen molar-refractivity contribution in [1.82, 2.24) is 9.78 Å². The molecule has 0 amide bonds. The minimum Gasteiger partial charge on any atom is -0.294 e. The van der Waals surface area contributed by atoms with Crippen LogP contribution in [0.3, 0.4) is 0 Å². The molecule has 1 aromatic heterocycles. The van der Waals surface area contributed by atoms with Crippen LogP contribution in [0.25, 0.3) is 0 Å². The Bertz CT molecular complexity index is 659. The molecule has 0 N–H and O–H groups in total. The number of benzene rings is 1. The fourth-order valence-corrected chi connectivity index (χ4v) is 2.51. The van der Waals surface area contributed by atoms with Gasteiger partial charge >= 0.3 is 0 Å². The average Bonchev–Trinajstić information content (AvgIpc) is 2.64. The molecule has 3 nitrogen and oxygen atoms in total. The molecule has 0 aliphatic rings. The summed E-state index contributed by atoms with van der Waals surface area (Å²) in [6, 6.07) is 5.48. The van der Waals surface area contributed by atoms with Gasteiger partial charge in [-0.3, -0.25) is 9.48 Å². The monoisotopic (exact) mass is 290 g/mol. The molecule has 0 saturated heterocycles. The predicted octanol–water partition coefficient (Wildman–Crippen LogP) is 3.81. The highest BCUT2D eigenvalue weighted by molar-refractivity contribution is 6.31. The molecule has 1 aromatic carbocycles. The maximum absolute atomic E-state index is 12.2. The normalized spacial score (nSPS) is 10.8. The maximum Gasteiger partial charge on any atom is 0.163 e. The quantitative estimate of drug-likeness (QED) is 0.803. The summed E-state index contributed by atoms with van der Waals surface area (Å²) in [5, 5.41) is 5.01. The Kier molecular flexibility index (Phi) is 4.29. The van der Waals surface area contributed by atoms with E-state index >= 15 is 0 Å². The molecule has 0 fully saturated rings. The minimum absolute atomic E-state index is 0.120. The van der Waals surface area contributed by atoms with Crippen LogP contribution in [-0.2, 0) is 13.5 Å². The van der Waals surface area contributed by atoms with E-state index in [0.29, 0.717) is 17.0 Å². The summed E-state index contributed by atoms with van der Waals surface area (Å²) < 4.78 is 1.86. The summed E-state index contributed by atoms with van der Waals surface area (Å²) in [7, 11) is 1.92. The second-order valence-corrected chi connectivity index (χ2v) is 5.57. The minimum atomic E-state index is 0.120. The number of nitrogens with zero attached hydrogens (tertiary/aromatic N) is 2. The fourth-order valence-electron chi connectivity index (χ4n) is 2.33. The number of halogens is 1. The summed E-state index contributed by atoms with van der Waals surface area (Å²) in [5.74, 6) is 0.120. The maximum atomic E-state index is 12.2. The lowest BCUT2D eigenvalue weighted by Gasteiger charge is -2.04. The molecule has 20 heavy (non-hydrogen) atoms. The van der Waals surface area contributed by atoms with Gasteiger partial charge in [0.15, 0.2) is 5.78 Å². The van der Waals surface area contributed by atoms with Crippen LogP contribution in [0.2, 0.25) is 5.02 Å². The summed E-state index contributed by atoms with van der Waals surface area (Å²) in [6.45, 7) is 5.94. The molecule has 0 unspecified atom stereocenters. The molecule has 0 aliphatic carbocycles. The average molecular weight is 291 g/mol. The lowest BCUT2D eigenvalue weighted by molar-refractivity contribution is 0.0983. The first kappa shape index (κ1) is 14.8. The smallest absolute Gasteiger partial charge is 0.163 e. The highest BCUT2D eigenvalue weighted by Crippen LogP contribution is 2.19. The van der Waals surface area contributed by atoms with E-state index in [0.717, 1.165) is 23.4 Å². The third kappa shape index (κ3) is 2.93. The lowest BCUT2D eigenvalue weighted by Crippen LogP contribution is -2.03. The van der Waals surface area contributed by atoms with Crippen molar-refractivity contribution < 1.29 is 4.79 Å². The molecule has 2 rings (SSSR count). The van der Waals surface area contributed by atoms with Crippen LogP contribution in [0.4, 0.5) is 0 Å². The van der Waals surface area contributed by atoms with Crippen LogP contribution in [0, 0.1) is 20.8 Å². The highest BCUT2D eigenvalue weighted by atomic mass is 35.5. The van der Waals surface area contributed by atoms with Gasteiger partial charge in [-0.05, 0) is 44.4 Å². The Balaban J connectivity index is 2.10. The zero-order valence-electron chi connectivity index (χ0n) is 12.3. The van der Waals surface area contributed by atoms with E-state index < -0.39 is 0 Å². The van der Waals surface area contributed by atoms with Crippen LogP contribution < -0.4 is 0 Å². The summed E-state index contributed by atoms with van der Waals surface area (Å²) in [6.07, 6.45) is 1.20. The van der Waals surface area contributed by atoms with Crippen molar-refractivity contribution in [2.75, 3.05) is 0 Å². The summed E-state index contributed by atoms with van der Waals surface area (Å²) in [5.41, 5.74) is 4.96. The van der Waals surface area contributed by atoms with E-state index in [2.05, 4.69) is 5.10 Å². The molecule has 0 radical (unpaired) electrons. The molecule has 0 atom stereocenters. The van der Waals surface area contributed by atoms with Crippen LogP contribution in [0.5, 0.6) is 0 Å². The third-order valence-corrected chi connectivity index (χ3v) is 4.16. The van der Waals surface area contributed by atoms with E-state index in [1.54, 1.807) is 6.07 Å². The van der Waals surface area contributed by atoms with Crippen molar-refractivity contribution in [1.29, 1.82) is 0 Å². The van der Waals surface area contributed by atoms with Gasteiger partial charge in [0.05, 0.1) is 5.69 Å². The summed E-state index contributed by atoms with van der Waals surface area (Å²) in [4.78, 5) is 12.2. The molecular formula is C16H19ClN2O. The number of aryl methyl sites for hydroxylation is 3. The molecule has 0 saturated carbocycles. The number of aromatic nitrogens is 2. The molecule has 0 aliphatic heterocycles. The molecule has 1 heterocycles. The van der Waals surface area contributed by atoms with Gasteiger partial charge in [-0.1, -0.05) is 23.7 Å². The van der Waals surface area contributed by atoms with Crippen LogP contribution in [0.15, 0.2) is 18.2 Å². The van der Waals surface area contributed by atoms with Gasteiger partial charge in [0, 0.05) is 29.7 Å². The number of hydrogen-bond donors (Lipinski definition) is 0. The largest absolute Gasteiger partial charge is 0.294 e. The third-order valence-electron chi connectivity index (χ3n) is 3.75. The number of rotatable bonds is 4. The van der Waals surface area contributed by atoms with E-state index in [9.17, 15) is 4.79 Å². The van der Waals surface area contributed by atoms with Crippen molar-refractivity contribution in [2.24, 2.45) is 7.05 Å². The molecule has 0 spiro atoms. The molecule has 106 valence electrons. The molecular weight excluding hydrogens is 272 g/mol. The second-order valence-electron chi connectivity index (χ2n) is 5.16. The van der Waals surface area contributed by atoms with Gasteiger partial charge in [-0.25, -0.2) is 0 Å². The highest BCUT2D eigenvalue weighted by Gasteiger charge is 2.13. The van der Waals surface area contributed by atoms with Crippen molar-refractivity contribution >= 4 is 17.4 Å². The standard InChI is InChI=1S/C16H19ClN2O/c1-10-5-6-13(9-15(10)17)16(20)8-7-14-11(2)18-19(4)12(14)3/h5-6,9H,7-8H2,1-4H3. The second kappa shape index (κ2) is 5.80. The number of ketones is 1. The van der Waals surface area contributed by atoms with Gasteiger partial charge in [-0.2, -0.15) is 5.10 Å². The van der Waals surface area contributed by atoms with Gasteiger partial charge < -0.3 is 0 Å². The topological polar surface area (TPSA) is 34.9 Å². The first-order chi connectivity index (χ1) is 9.40. The van der Waals surface area contributed by atoms with E-state index in [4.69, 9.17) is 11.6 Å². The number of carbonyl (C=O) groups is 1. The van der Waals surface area contributed by atoms with Crippen molar-refractivity contribution in [3.05, 3.63) is 51.3 Å². The first-order valence-electron chi connectivity index (χ1n) is 6.68. The van der Waals surface area contributed by atoms with E-state index in [1.807, 2.05) is 44.6 Å². The zero-order chi connectivity index (χ0) is 14.9. The molecule has 4 heteroatoms. The Morgan fingerprint density at radius 3 is 2.55 bits per heavy atom. The first-order valence-corrected chi connectivity index (χ1v) is 7.06. The number of hydrogen-bond acceptors (Lipinski definition) is 2. The van der Waals surface area contributed by atoms with E-state index in [-0.39, 0.29) is 5.78 Å². The zero-order valence-corrected chi connectivity index (χ0v) is 13.1. The molecule has 0 bridgehead atoms. The van der Waals surface area contributed by atoms with Crippen molar-refractivity contribution in [3.8, 4) is 0 Å². The van der Waals surface area contributed by atoms with E-state index in [1.165, 1.54) is 5.56 Å². The van der Waals surface area contributed by atoms with Crippen molar-refractivity contribution in [3.63, 3.8) is 0 Å².